The van der Waals surface area contributed by atoms with E-state index in [-0.39, 0.29) is 24.0 Å². The molecule has 0 saturated carbocycles. The van der Waals surface area contributed by atoms with E-state index >= 15 is 0 Å². The molecule has 2 aromatic carbocycles. The molecule has 0 N–H and O–H groups in total. The quantitative estimate of drug-likeness (QED) is 0.439. The molecule has 0 bridgehead atoms. The van der Waals surface area contributed by atoms with Crippen molar-refractivity contribution >= 4 is 17.1 Å². The van der Waals surface area contributed by atoms with Crippen molar-refractivity contribution in [1.29, 1.82) is 0 Å². The molecule has 2 rings (SSSR count). The topological polar surface area (TPSA) is 24.7 Å². The van der Waals surface area contributed by atoms with Crippen LogP contribution in [0, 0.1) is 6.92 Å². The highest BCUT2D eigenvalue weighted by Gasteiger charge is 2.10. The van der Waals surface area contributed by atoms with Gasteiger partial charge in [-0.1, -0.05) is 17.7 Å². The maximum Gasteiger partial charge on any atom is 0.132 e. The average molecular weight is 381 g/mol. The summed E-state index contributed by atoms with van der Waals surface area (Å²) >= 11 is 0. The number of aryl methyl sites for hydroxylation is 1. The molecular weight excluding hydrogens is 361 g/mol. The number of hydrogen-bond donors (Lipinski definition) is 0. The zero-order chi connectivity index (χ0) is 13.9. The van der Waals surface area contributed by atoms with Gasteiger partial charge in [-0.05, 0) is 31.2 Å². The van der Waals surface area contributed by atoms with Crippen LogP contribution in [0.3, 0.4) is 0 Å². The fraction of sp³-hybridized carbons (Fsp3) is 0.250. The van der Waals surface area contributed by atoms with Crippen molar-refractivity contribution in [2.24, 2.45) is 10.2 Å². The minimum absolute atomic E-state index is 0. The Hall–Kier alpha value is -1.27. The number of hydrogen-bond acceptors (Lipinski definition) is 2. The second kappa shape index (κ2) is 6.95. The Labute approximate surface area is 138 Å². The van der Waals surface area contributed by atoms with Crippen LogP contribution in [0.25, 0.3) is 0 Å². The van der Waals surface area contributed by atoms with Gasteiger partial charge < -0.3 is 24.0 Å². The summed E-state index contributed by atoms with van der Waals surface area (Å²) in [6.45, 7) is 2.06. The number of azo groups is 1. The lowest BCUT2D eigenvalue weighted by molar-refractivity contribution is -0.00000428. The van der Waals surface area contributed by atoms with Crippen molar-refractivity contribution in [3.8, 4) is 0 Å². The first-order valence-electron chi connectivity index (χ1n) is 6.36. The Morgan fingerprint density at radius 3 is 1.50 bits per heavy atom. The van der Waals surface area contributed by atoms with Gasteiger partial charge in [-0.2, -0.15) is 10.2 Å². The molecule has 0 saturated heterocycles. The van der Waals surface area contributed by atoms with E-state index in [9.17, 15) is 0 Å². The Morgan fingerprint density at radius 2 is 1.10 bits per heavy atom. The minimum atomic E-state index is 0. The number of quaternary nitrogens is 1. The van der Waals surface area contributed by atoms with Gasteiger partial charge in [-0.3, -0.25) is 4.48 Å². The second-order valence-corrected chi connectivity index (χ2v) is 5.56. The predicted molar refractivity (Wildman–Crippen MR) is 81.4 cm³/mol. The number of rotatable bonds is 3. The summed E-state index contributed by atoms with van der Waals surface area (Å²) in [5.41, 5.74) is 4.22. The third-order valence-electron chi connectivity index (χ3n) is 2.94. The Kier molecular flexibility index (Phi) is 5.83. The molecule has 0 unspecified atom stereocenters. The standard InChI is InChI=1S/C16H20N3.HI/c1-13-5-7-14(8-6-13)17-18-15-9-11-16(12-10-15)19(2,3)4;/h5-12H,1-4H3;1H/q+1;/p-1. The molecule has 2 aromatic rings. The normalized spacial score (nSPS) is 11.4. The number of nitrogens with zero attached hydrogens (tertiary/aromatic N) is 3. The van der Waals surface area contributed by atoms with E-state index in [1.807, 2.05) is 36.4 Å². The molecule has 20 heavy (non-hydrogen) atoms. The van der Waals surface area contributed by atoms with Crippen LogP contribution in [-0.4, -0.2) is 21.1 Å². The monoisotopic (exact) mass is 381 g/mol. The van der Waals surface area contributed by atoms with Crippen molar-refractivity contribution in [3.05, 3.63) is 54.1 Å². The summed E-state index contributed by atoms with van der Waals surface area (Å²) in [6, 6.07) is 16.2. The van der Waals surface area contributed by atoms with Crippen LogP contribution in [0.1, 0.15) is 5.56 Å². The summed E-state index contributed by atoms with van der Waals surface area (Å²) in [4.78, 5) is 0. The molecular formula is C16H20IN3. The van der Waals surface area contributed by atoms with Crippen molar-refractivity contribution in [1.82, 2.24) is 4.48 Å². The van der Waals surface area contributed by atoms with Crippen LogP contribution in [-0.2, 0) is 0 Å². The highest BCUT2D eigenvalue weighted by Crippen LogP contribution is 2.23. The van der Waals surface area contributed by atoms with Gasteiger partial charge >= 0.3 is 0 Å². The van der Waals surface area contributed by atoms with E-state index in [4.69, 9.17) is 0 Å². The van der Waals surface area contributed by atoms with Crippen LogP contribution in [0.15, 0.2) is 58.8 Å². The Morgan fingerprint density at radius 1 is 0.700 bits per heavy atom. The fourth-order valence-corrected chi connectivity index (χ4v) is 1.69. The summed E-state index contributed by atoms with van der Waals surface area (Å²) in [6.07, 6.45) is 0. The van der Waals surface area contributed by atoms with Crippen LogP contribution < -0.4 is 28.5 Å². The van der Waals surface area contributed by atoms with E-state index in [1.54, 1.807) is 0 Å². The van der Waals surface area contributed by atoms with Gasteiger partial charge in [-0.15, -0.1) is 0 Å². The number of halogens is 1. The van der Waals surface area contributed by atoms with E-state index in [1.165, 1.54) is 11.3 Å². The van der Waals surface area contributed by atoms with E-state index in [0.717, 1.165) is 15.9 Å². The van der Waals surface area contributed by atoms with Gasteiger partial charge in [0.2, 0.25) is 0 Å². The van der Waals surface area contributed by atoms with Crippen molar-refractivity contribution in [2.75, 3.05) is 21.1 Å². The molecule has 0 aliphatic rings. The minimum Gasteiger partial charge on any atom is -1.00 e. The Balaban J connectivity index is 0.00000200. The van der Waals surface area contributed by atoms with Gasteiger partial charge in [0, 0.05) is 12.1 Å². The smallest absolute Gasteiger partial charge is 0.132 e. The largest absolute Gasteiger partial charge is 1.00 e. The maximum atomic E-state index is 4.25. The molecule has 106 valence electrons. The van der Waals surface area contributed by atoms with Crippen molar-refractivity contribution in [2.45, 2.75) is 6.92 Å². The molecule has 0 aromatic heterocycles. The Bertz CT molecular complexity index is 566. The average Bonchev–Trinajstić information content (AvgIpc) is 2.37. The van der Waals surface area contributed by atoms with Gasteiger partial charge in [0.1, 0.15) is 5.69 Å². The SMILES string of the molecule is Cc1ccc(N=Nc2ccc([N+](C)(C)C)cc2)cc1.[I-]. The lowest BCUT2D eigenvalue weighted by Crippen LogP contribution is -3.00. The zero-order valence-corrected chi connectivity index (χ0v) is 14.5. The predicted octanol–water partition coefficient (Wildman–Crippen LogP) is 1.61. The summed E-state index contributed by atoms with van der Waals surface area (Å²) in [5, 5.41) is 8.48. The molecule has 0 heterocycles. The molecule has 0 aliphatic heterocycles. The summed E-state index contributed by atoms with van der Waals surface area (Å²) in [5.74, 6) is 0. The lowest BCUT2D eigenvalue weighted by Gasteiger charge is -2.23. The van der Waals surface area contributed by atoms with Crippen molar-refractivity contribution < 1.29 is 24.0 Å². The van der Waals surface area contributed by atoms with Crippen LogP contribution in [0.4, 0.5) is 17.1 Å². The summed E-state index contributed by atoms with van der Waals surface area (Å²) < 4.78 is 0.801. The molecule has 3 nitrogen and oxygen atoms in total. The second-order valence-electron chi connectivity index (χ2n) is 5.56. The maximum absolute atomic E-state index is 4.25. The van der Waals surface area contributed by atoms with Gasteiger partial charge in [-0.25, -0.2) is 0 Å². The van der Waals surface area contributed by atoms with E-state index in [2.05, 4.69) is 50.4 Å². The first-order valence-corrected chi connectivity index (χ1v) is 6.36. The highest BCUT2D eigenvalue weighted by atomic mass is 127. The fourth-order valence-electron chi connectivity index (χ4n) is 1.69. The molecule has 0 atom stereocenters. The van der Waals surface area contributed by atoms with Gasteiger partial charge in [0.25, 0.3) is 0 Å². The molecule has 0 aliphatic carbocycles. The molecule has 0 spiro atoms. The van der Waals surface area contributed by atoms with Crippen LogP contribution >= 0.6 is 0 Å². The lowest BCUT2D eigenvalue weighted by atomic mass is 10.2. The van der Waals surface area contributed by atoms with Gasteiger partial charge in [0.15, 0.2) is 0 Å². The highest BCUT2D eigenvalue weighted by molar-refractivity contribution is 5.49. The van der Waals surface area contributed by atoms with E-state index < -0.39 is 0 Å². The van der Waals surface area contributed by atoms with E-state index in [0.29, 0.717) is 0 Å². The molecule has 0 fully saturated rings. The molecule has 0 amide bonds. The van der Waals surface area contributed by atoms with Gasteiger partial charge in [0.05, 0.1) is 32.5 Å². The first-order chi connectivity index (χ1) is 8.95. The summed E-state index contributed by atoms with van der Waals surface area (Å²) in [7, 11) is 6.43. The third-order valence-corrected chi connectivity index (χ3v) is 2.94. The molecule has 0 radical (unpaired) electrons. The third kappa shape index (κ3) is 4.68. The zero-order valence-electron chi connectivity index (χ0n) is 12.3. The van der Waals surface area contributed by atoms with Crippen LogP contribution in [0.5, 0.6) is 0 Å². The molecule has 4 heteroatoms. The number of benzene rings is 2. The van der Waals surface area contributed by atoms with Crippen LogP contribution in [0.2, 0.25) is 0 Å². The first kappa shape index (κ1) is 16.8. The van der Waals surface area contributed by atoms with Crippen molar-refractivity contribution in [3.63, 3.8) is 0 Å².